The van der Waals surface area contributed by atoms with E-state index in [0.29, 0.717) is 17.8 Å². The Labute approximate surface area is 122 Å². The Morgan fingerprint density at radius 1 is 1.18 bits per heavy atom. The highest BCUT2D eigenvalue weighted by atomic mass is 19.4. The molecule has 22 heavy (non-hydrogen) atoms. The lowest BCUT2D eigenvalue weighted by Gasteiger charge is -2.10. The molecule has 0 N–H and O–H groups in total. The lowest BCUT2D eigenvalue weighted by molar-refractivity contribution is -0.137. The first-order chi connectivity index (χ1) is 10.4. The van der Waals surface area contributed by atoms with Crippen molar-refractivity contribution in [3.05, 3.63) is 59.7 Å². The van der Waals surface area contributed by atoms with Crippen LogP contribution in [-0.2, 0) is 6.18 Å². The molecular formula is C15H7F4N3. The first-order valence-electron chi connectivity index (χ1n) is 6.15. The maximum atomic E-state index is 14.1. The van der Waals surface area contributed by atoms with E-state index < -0.39 is 23.1 Å². The topological polar surface area (TPSA) is 41.1 Å². The molecule has 0 unspecified atom stereocenters. The average Bonchev–Trinajstić information content (AvgIpc) is 2.89. The number of nitriles is 1. The number of nitrogens with zero attached hydrogens (tertiary/aromatic N) is 3. The van der Waals surface area contributed by atoms with Crippen LogP contribution < -0.4 is 0 Å². The predicted molar refractivity (Wildman–Crippen MR) is 70.3 cm³/mol. The number of hydrogen-bond acceptors (Lipinski definition) is 2. The van der Waals surface area contributed by atoms with Gasteiger partial charge >= 0.3 is 6.18 Å². The number of hydrogen-bond donors (Lipinski definition) is 0. The van der Waals surface area contributed by atoms with Gasteiger partial charge in [-0.25, -0.2) is 9.37 Å². The van der Waals surface area contributed by atoms with Crippen molar-refractivity contribution in [2.24, 2.45) is 0 Å². The average molecular weight is 305 g/mol. The maximum absolute atomic E-state index is 14.1. The van der Waals surface area contributed by atoms with Crippen molar-refractivity contribution in [2.75, 3.05) is 0 Å². The Morgan fingerprint density at radius 3 is 2.59 bits per heavy atom. The van der Waals surface area contributed by atoms with Gasteiger partial charge < -0.3 is 4.40 Å². The van der Waals surface area contributed by atoms with E-state index in [-0.39, 0.29) is 11.3 Å². The van der Waals surface area contributed by atoms with E-state index in [1.54, 1.807) is 28.8 Å². The number of alkyl halides is 3. The van der Waals surface area contributed by atoms with Crippen molar-refractivity contribution in [1.82, 2.24) is 9.38 Å². The van der Waals surface area contributed by atoms with E-state index in [4.69, 9.17) is 5.26 Å². The summed E-state index contributed by atoms with van der Waals surface area (Å²) in [6, 6.07) is 7.65. The summed E-state index contributed by atoms with van der Waals surface area (Å²) >= 11 is 0. The van der Waals surface area contributed by atoms with E-state index in [0.717, 1.165) is 0 Å². The molecule has 3 aromatic rings. The second-order valence-corrected chi connectivity index (χ2v) is 4.58. The highest BCUT2D eigenvalue weighted by Crippen LogP contribution is 2.36. The Morgan fingerprint density at radius 2 is 1.95 bits per heavy atom. The number of benzene rings is 1. The van der Waals surface area contributed by atoms with Crippen molar-refractivity contribution in [2.45, 2.75) is 6.18 Å². The fourth-order valence-electron chi connectivity index (χ4n) is 2.16. The van der Waals surface area contributed by atoms with Crippen LogP contribution in [0.15, 0.2) is 42.7 Å². The van der Waals surface area contributed by atoms with Crippen LogP contribution in [0.4, 0.5) is 17.6 Å². The maximum Gasteiger partial charge on any atom is 0.417 e. The zero-order valence-electron chi connectivity index (χ0n) is 10.9. The standard InChI is InChI=1S/C15H7F4N3/c16-12-5-9(7-20)11(15(17,18)19)6-10(12)13-8-22-4-2-1-3-14(22)21-13/h1-6,8H. The van der Waals surface area contributed by atoms with Gasteiger partial charge in [0.25, 0.3) is 0 Å². The Bertz CT molecular complexity index is 870. The molecule has 7 heteroatoms. The van der Waals surface area contributed by atoms with Gasteiger partial charge in [-0.15, -0.1) is 0 Å². The van der Waals surface area contributed by atoms with Crippen LogP contribution in [0.3, 0.4) is 0 Å². The molecule has 3 rings (SSSR count). The number of fused-ring (bicyclic) bond motifs is 1. The summed E-state index contributed by atoms with van der Waals surface area (Å²) in [6.45, 7) is 0. The second kappa shape index (κ2) is 4.84. The summed E-state index contributed by atoms with van der Waals surface area (Å²) in [6.07, 6.45) is -1.66. The molecule has 0 amide bonds. The molecule has 0 atom stereocenters. The number of rotatable bonds is 1. The van der Waals surface area contributed by atoms with E-state index in [1.807, 2.05) is 0 Å². The normalized spacial score (nSPS) is 11.6. The zero-order chi connectivity index (χ0) is 15.9. The van der Waals surface area contributed by atoms with Crippen LogP contribution >= 0.6 is 0 Å². The quantitative estimate of drug-likeness (QED) is 0.637. The lowest BCUT2D eigenvalue weighted by Crippen LogP contribution is -2.09. The number of pyridine rings is 1. The molecule has 3 nitrogen and oxygen atoms in total. The molecular weight excluding hydrogens is 298 g/mol. The largest absolute Gasteiger partial charge is 0.417 e. The van der Waals surface area contributed by atoms with Crippen molar-refractivity contribution < 1.29 is 17.6 Å². The van der Waals surface area contributed by atoms with E-state index in [2.05, 4.69) is 4.98 Å². The molecule has 2 aromatic heterocycles. The molecule has 0 aliphatic rings. The zero-order valence-corrected chi connectivity index (χ0v) is 10.9. The van der Waals surface area contributed by atoms with Crippen molar-refractivity contribution >= 4 is 5.65 Å². The Balaban J connectivity index is 2.24. The molecule has 2 heterocycles. The Hall–Kier alpha value is -2.88. The minimum atomic E-state index is -4.74. The number of imidazole rings is 1. The third-order valence-electron chi connectivity index (χ3n) is 3.17. The van der Waals surface area contributed by atoms with Gasteiger partial charge in [0.2, 0.25) is 0 Å². The molecule has 0 fully saturated rings. The monoisotopic (exact) mass is 305 g/mol. The SMILES string of the molecule is N#Cc1cc(F)c(-c2cn3ccccc3n2)cc1C(F)(F)F. The van der Waals surface area contributed by atoms with Crippen LogP contribution in [0.25, 0.3) is 16.9 Å². The molecule has 1 aromatic carbocycles. The third-order valence-corrected chi connectivity index (χ3v) is 3.17. The van der Waals surface area contributed by atoms with E-state index in [1.165, 1.54) is 12.3 Å². The molecule has 110 valence electrons. The van der Waals surface area contributed by atoms with Gasteiger partial charge in [-0.2, -0.15) is 18.4 Å². The molecule has 0 aliphatic carbocycles. The fraction of sp³-hybridized carbons (Fsp3) is 0.0667. The first kappa shape index (κ1) is 14.1. The van der Waals surface area contributed by atoms with Gasteiger partial charge in [0.05, 0.1) is 22.9 Å². The van der Waals surface area contributed by atoms with Crippen molar-refractivity contribution in [3.63, 3.8) is 0 Å². The summed E-state index contributed by atoms with van der Waals surface area (Å²) in [4.78, 5) is 4.10. The minimum Gasteiger partial charge on any atom is -0.306 e. The summed E-state index contributed by atoms with van der Waals surface area (Å²) in [7, 11) is 0. The molecule has 0 saturated carbocycles. The van der Waals surface area contributed by atoms with E-state index in [9.17, 15) is 17.6 Å². The van der Waals surface area contributed by atoms with Gasteiger partial charge in [0.15, 0.2) is 0 Å². The van der Waals surface area contributed by atoms with Gasteiger partial charge in [-0.3, -0.25) is 0 Å². The number of aromatic nitrogens is 2. The van der Waals surface area contributed by atoms with Gasteiger partial charge in [-0.1, -0.05) is 6.07 Å². The van der Waals surface area contributed by atoms with Crippen LogP contribution in [0.5, 0.6) is 0 Å². The summed E-state index contributed by atoms with van der Waals surface area (Å²) in [5.41, 5.74) is -1.68. The summed E-state index contributed by atoms with van der Waals surface area (Å²) < 4.78 is 54.5. The second-order valence-electron chi connectivity index (χ2n) is 4.58. The third kappa shape index (κ3) is 2.29. The highest BCUT2D eigenvalue weighted by Gasteiger charge is 2.35. The van der Waals surface area contributed by atoms with Crippen LogP contribution in [0.2, 0.25) is 0 Å². The summed E-state index contributed by atoms with van der Waals surface area (Å²) in [5.74, 6) is -0.923. The molecule has 0 saturated heterocycles. The molecule has 0 radical (unpaired) electrons. The molecule has 0 aliphatic heterocycles. The first-order valence-corrected chi connectivity index (χ1v) is 6.15. The predicted octanol–water partition coefficient (Wildman–Crippen LogP) is 4.03. The summed E-state index contributed by atoms with van der Waals surface area (Å²) in [5, 5.41) is 8.75. The van der Waals surface area contributed by atoms with E-state index >= 15 is 0 Å². The number of halogens is 4. The van der Waals surface area contributed by atoms with Crippen LogP contribution in [-0.4, -0.2) is 9.38 Å². The lowest BCUT2D eigenvalue weighted by atomic mass is 10.0. The minimum absolute atomic E-state index is 0.0682. The molecule has 0 bridgehead atoms. The van der Waals surface area contributed by atoms with Gasteiger partial charge in [0.1, 0.15) is 11.5 Å². The van der Waals surface area contributed by atoms with Gasteiger partial charge in [0, 0.05) is 18.0 Å². The smallest absolute Gasteiger partial charge is 0.306 e. The van der Waals surface area contributed by atoms with Crippen LogP contribution in [0.1, 0.15) is 11.1 Å². The van der Waals surface area contributed by atoms with Gasteiger partial charge in [-0.05, 0) is 24.3 Å². The molecule has 0 spiro atoms. The fourth-order valence-corrected chi connectivity index (χ4v) is 2.16. The highest BCUT2D eigenvalue weighted by molar-refractivity contribution is 5.66. The Kier molecular flexibility index (Phi) is 3.10. The van der Waals surface area contributed by atoms with Crippen LogP contribution in [0, 0.1) is 17.1 Å². The van der Waals surface area contributed by atoms with Crippen molar-refractivity contribution in [3.8, 4) is 17.3 Å². The van der Waals surface area contributed by atoms with Crippen molar-refractivity contribution in [1.29, 1.82) is 5.26 Å².